The number of aryl methyl sites for hydroxylation is 1. The van der Waals surface area contributed by atoms with Crippen LogP contribution in [0.2, 0.25) is 0 Å². The zero-order chi connectivity index (χ0) is 12.8. The summed E-state index contributed by atoms with van der Waals surface area (Å²) < 4.78 is 0. The van der Waals surface area contributed by atoms with Crippen molar-refractivity contribution in [3.05, 3.63) is 35.4 Å². The summed E-state index contributed by atoms with van der Waals surface area (Å²) in [6.45, 7) is 9.23. The van der Waals surface area contributed by atoms with Gasteiger partial charge in [0, 0.05) is 12.6 Å². The van der Waals surface area contributed by atoms with E-state index >= 15 is 0 Å². The summed E-state index contributed by atoms with van der Waals surface area (Å²) in [5.74, 6) is 0.514. The van der Waals surface area contributed by atoms with E-state index in [1.165, 1.54) is 11.1 Å². The molecular formula is C15H25NO. The number of aliphatic hydroxyl groups excluding tert-OH is 1. The lowest BCUT2D eigenvalue weighted by molar-refractivity contribution is 0.159. The molecule has 0 fully saturated rings. The Bertz CT molecular complexity index is 335. The Morgan fingerprint density at radius 1 is 1.24 bits per heavy atom. The third kappa shape index (κ3) is 4.14. The maximum absolute atomic E-state index is 9.64. The minimum atomic E-state index is -0.250. The Balaban J connectivity index is 2.76. The molecule has 17 heavy (non-hydrogen) atoms. The number of hydrogen-bond acceptors (Lipinski definition) is 2. The summed E-state index contributed by atoms with van der Waals surface area (Å²) in [4.78, 5) is 0. The molecule has 1 rings (SSSR count). The van der Waals surface area contributed by atoms with Crippen LogP contribution in [0, 0.1) is 12.8 Å². The molecule has 0 radical (unpaired) electrons. The molecule has 0 aliphatic carbocycles. The Labute approximate surface area is 105 Å². The van der Waals surface area contributed by atoms with Crippen LogP contribution in [0.3, 0.4) is 0 Å². The largest absolute Gasteiger partial charge is 0.392 e. The molecule has 2 N–H and O–H groups in total. The van der Waals surface area contributed by atoms with Crippen molar-refractivity contribution < 1.29 is 5.11 Å². The molecule has 1 unspecified atom stereocenters. The summed E-state index contributed by atoms with van der Waals surface area (Å²) in [6.07, 6.45) is 0.547. The van der Waals surface area contributed by atoms with Gasteiger partial charge in [-0.05, 0) is 30.4 Å². The van der Waals surface area contributed by atoms with Gasteiger partial charge in [-0.3, -0.25) is 0 Å². The van der Waals surface area contributed by atoms with E-state index in [4.69, 9.17) is 0 Å². The van der Waals surface area contributed by atoms with Crippen molar-refractivity contribution in [3.63, 3.8) is 0 Å². The quantitative estimate of drug-likeness (QED) is 0.794. The summed E-state index contributed by atoms with van der Waals surface area (Å²) in [5.41, 5.74) is 2.65. The van der Waals surface area contributed by atoms with Gasteiger partial charge in [-0.25, -0.2) is 0 Å². The highest BCUT2D eigenvalue weighted by atomic mass is 16.3. The van der Waals surface area contributed by atoms with Gasteiger partial charge in [0.15, 0.2) is 0 Å². The van der Waals surface area contributed by atoms with Crippen LogP contribution in [0.4, 0.5) is 0 Å². The average Bonchev–Trinajstić information content (AvgIpc) is 2.30. The molecule has 0 saturated heterocycles. The number of hydrogen-bond donors (Lipinski definition) is 2. The number of aliphatic hydroxyl groups is 1. The maximum Gasteiger partial charge on any atom is 0.0662 e. The van der Waals surface area contributed by atoms with Crippen molar-refractivity contribution >= 4 is 0 Å². The molecule has 2 nitrogen and oxygen atoms in total. The molecular weight excluding hydrogens is 210 g/mol. The highest BCUT2D eigenvalue weighted by Crippen LogP contribution is 2.24. The Morgan fingerprint density at radius 2 is 1.88 bits per heavy atom. The van der Waals surface area contributed by atoms with Crippen LogP contribution in [0.25, 0.3) is 0 Å². The lowest BCUT2D eigenvalue weighted by Crippen LogP contribution is -2.33. The fourth-order valence-corrected chi connectivity index (χ4v) is 2.05. The third-order valence-electron chi connectivity index (χ3n) is 3.23. The molecule has 0 spiro atoms. The zero-order valence-corrected chi connectivity index (χ0v) is 11.4. The van der Waals surface area contributed by atoms with Crippen LogP contribution in [-0.4, -0.2) is 17.8 Å². The standard InChI is InChI=1S/C15H25NO/c1-5-13(17)10-16-15(11(2)3)14-9-7-6-8-12(14)4/h6-9,11,13,15-17H,5,10H2,1-4H3/t13-,15?/m1/s1. The summed E-state index contributed by atoms with van der Waals surface area (Å²) >= 11 is 0. The van der Waals surface area contributed by atoms with Gasteiger partial charge in [0.25, 0.3) is 0 Å². The lowest BCUT2D eigenvalue weighted by atomic mass is 9.92. The van der Waals surface area contributed by atoms with Crippen molar-refractivity contribution in [2.75, 3.05) is 6.54 Å². The highest BCUT2D eigenvalue weighted by molar-refractivity contribution is 5.29. The molecule has 2 atom stereocenters. The van der Waals surface area contributed by atoms with E-state index in [-0.39, 0.29) is 6.10 Å². The van der Waals surface area contributed by atoms with Crippen molar-refractivity contribution in [2.45, 2.75) is 46.3 Å². The van der Waals surface area contributed by atoms with E-state index in [0.717, 1.165) is 6.42 Å². The van der Waals surface area contributed by atoms with Gasteiger partial charge in [0.1, 0.15) is 0 Å². The SMILES string of the molecule is CC[C@@H](O)CNC(c1ccccc1C)C(C)C. The first-order valence-electron chi connectivity index (χ1n) is 6.53. The maximum atomic E-state index is 9.64. The monoisotopic (exact) mass is 235 g/mol. The molecule has 1 aromatic carbocycles. The molecule has 0 aromatic heterocycles. The smallest absolute Gasteiger partial charge is 0.0662 e. The van der Waals surface area contributed by atoms with E-state index < -0.39 is 0 Å². The van der Waals surface area contributed by atoms with Gasteiger partial charge in [-0.1, -0.05) is 45.0 Å². The van der Waals surface area contributed by atoms with Gasteiger partial charge in [-0.2, -0.15) is 0 Å². The van der Waals surface area contributed by atoms with Crippen molar-refractivity contribution in [1.29, 1.82) is 0 Å². The number of benzene rings is 1. The molecule has 0 aliphatic heterocycles. The molecule has 0 saturated carbocycles. The Hall–Kier alpha value is -0.860. The van der Waals surface area contributed by atoms with E-state index in [0.29, 0.717) is 18.5 Å². The summed E-state index contributed by atoms with van der Waals surface area (Å²) in [7, 11) is 0. The van der Waals surface area contributed by atoms with Gasteiger partial charge in [0.2, 0.25) is 0 Å². The highest BCUT2D eigenvalue weighted by Gasteiger charge is 2.17. The lowest BCUT2D eigenvalue weighted by Gasteiger charge is -2.25. The van der Waals surface area contributed by atoms with Crippen molar-refractivity contribution in [2.24, 2.45) is 5.92 Å². The average molecular weight is 235 g/mol. The first-order chi connectivity index (χ1) is 8.06. The molecule has 0 aliphatic rings. The van der Waals surface area contributed by atoms with E-state index in [9.17, 15) is 5.11 Å². The minimum absolute atomic E-state index is 0.250. The van der Waals surface area contributed by atoms with Gasteiger partial charge in [0.05, 0.1) is 6.10 Å². The van der Waals surface area contributed by atoms with Crippen LogP contribution in [-0.2, 0) is 0 Å². The van der Waals surface area contributed by atoms with E-state index in [1.54, 1.807) is 0 Å². The first kappa shape index (κ1) is 14.2. The van der Waals surface area contributed by atoms with Crippen LogP contribution >= 0.6 is 0 Å². The molecule has 0 amide bonds. The molecule has 0 bridgehead atoms. The third-order valence-corrected chi connectivity index (χ3v) is 3.23. The van der Waals surface area contributed by atoms with Crippen LogP contribution < -0.4 is 5.32 Å². The number of rotatable bonds is 6. The fraction of sp³-hybridized carbons (Fsp3) is 0.600. The first-order valence-corrected chi connectivity index (χ1v) is 6.53. The normalized spacial score (nSPS) is 14.9. The van der Waals surface area contributed by atoms with E-state index in [1.807, 2.05) is 6.92 Å². The summed E-state index contributed by atoms with van der Waals surface area (Å²) in [6, 6.07) is 8.78. The zero-order valence-electron chi connectivity index (χ0n) is 11.4. The Kier molecular flexibility index (Phi) is 5.66. The van der Waals surface area contributed by atoms with Gasteiger partial charge in [-0.15, -0.1) is 0 Å². The topological polar surface area (TPSA) is 32.3 Å². The summed E-state index contributed by atoms with van der Waals surface area (Å²) in [5, 5.41) is 13.1. The van der Waals surface area contributed by atoms with Crippen molar-refractivity contribution in [1.82, 2.24) is 5.32 Å². The van der Waals surface area contributed by atoms with Gasteiger partial charge >= 0.3 is 0 Å². The second kappa shape index (κ2) is 6.77. The molecule has 2 heteroatoms. The second-order valence-corrected chi connectivity index (χ2v) is 5.05. The predicted octanol–water partition coefficient (Wildman–Crippen LogP) is 3.05. The second-order valence-electron chi connectivity index (χ2n) is 5.05. The minimum Gasteiger partial charge on any atom is -0.392 e. The van der Waals surface area contributed by atoms with Crippen LogP contribution in [0.5, 0.6) is 0 Å². The van der Waals surface area contributed by atoms with Crippen LogP contribution in [0.1, 0.15) is 44.4 Å². The fourth-order valence-electron chi connectivity index (χ4n) is 2.05. The molecule has 96 valence electrons. The molecule has 0 heterocycles. The van der Waals surface area contributed by atoms with Crippen molar-refractivity contribution in [3.8, 4) is 0 Å². The van der Waals surface area contributed by atoms with Crippen LogP contribution in [0.15, 0.2) is 24.3 Å². The Morgan fingerprint density at radius 3 is 2.41 bits per heavy atom. The van der Waals surface area contributed by atoms with E-state index in [2.05, 4.69) is 50.4 Å². The molecule has 1 aromatic rings. The predicted molar refractivity (Wildman–Crippen MR) is 73.1 cm³/mol. The van der Waals surface area contributed by atoms with Gasteiger partial charge < -0.3 is 10.4 Å². The number of nitrogens with one attached hydrogen (secondary N) is 1.